The number of methoxy groups -OCH3 is 1. The van der Waals surface area contributed by atoms with Gasteiger partial charge in [0.2, 0.25) is 0 Å². The number of hydrogen-bond donors (Lipinski definition) is 0. The molecular weight excluding hydrogens is 190 g/mol. The quantitative estimate of drug-likeness (QED) is 0.739. The Kier molecular flexibility index (Phi) is 4.43. The SMILES string of the molecule is COc1cc(C)ccc1OCCN(C)C. The van der Waals surface area contributed by atoms with E-state index < -0.39 is 0 Å². The zero-order chi connectivity index (χ0) is 11.3. The first-order valence-corrected chi connectivity index (χ1v) is 5.05. The van der Waals surface area contributed by atoms with Gasteiger partial charge in [0.1, 0.15) is 6.61 Å². The van der Waals surface area contributed by atoms with Gasteiger partial charge in [0.25, 0.3) is 0 Å². The van der Waals surface area contributed by atoms with Crippen LogP contribution in [0.1, 0.15) is 5.56 Å². The van der Waals surface area contributed by atoms with Gasteiger partial charge in [0, 0.05) is 6.54 Å². The number of likely N-dealkylation sites (N-methyl/N-ethyl adjacent to an activating group) is 1. The molecule has 0 saturated carbocycles. The molecule has 1 aromatic rings. The summed E-state index contributed by atoms with van der Waals surface area (Å²) < 4.78 is 10.9. The van der Waals surface area contributed by atoms with Crippen LogP contribution in [0.15, 0.2) is 18.2 Å². The zero-order valence-electron chi connectivity index (χ0n) is 9.91. The molecule has 0 unspecified atom stereocenters. The summed E-state index contributed by atoms with van der Waals surface area (Å²) >= 11 is 0. The van der Waals surface area contributed by atoms with E-state index in [-0.39, 0.29) is 0 Å². The van der Waals surface area contributed by atoms with Gasteiger partial charge < -0.3 is 14.4 Å². The molecule has 3 heteroatoms. The van der Waals surface area contributed by atoms with Gasteiger partial charge in [0.05, 0.1) is 7.11 Å². The highest BCUT2D eigenvalue weighted by Gasteiger charge is 2.03. The third-order valence-corrected chi connectivity index (χ3v) is 2.12. The van der Waals surface area contributed by atoms with E-state index in [2.05, 4.69) is 4.90 Å². The van der Waals surface area contributed by atoms with Crippen LogP contribution in [0.2, 0.25) is 0 Å². The fourth-order valence-corrected chi connectivity index (χ4v) is 1.23. The lowest BCUT2D eigenvalue weighted by Gasteiger charge is -2.13. The molecule has 0 aromatic heterocycles. The molecule has 0 spiro atoms. The number of ether oxygens (including phenoxy) is 2. The van der Waals surface area contributed by atoms with Gasteiger partial charge in [-0.25, -0.2) is 0 Å². The molecule has 1 rings (SSSR count). The van der Waals surface area contributed by atoms with E-state index in [1.54, 1.807) is 7.11 Å². The van der Waals surface area contributed by atoms with Crippen molar-refractivity contribution in [2.45, 2.75) is 6.92 Å². The minimum absolute atomic E-state index is 0.673. The standard InChI is InChI=1S/C12H19NO2/c1-10-5-6-11(12(9-10)14-4)15-8-7-13(2)3/h5-6,9H,7-8H2,1-4H3. The van der Waals surface area contributed by atoms with Gasteiger partial charge in [-0.05, 0) is 38.7 Å². The summed E-state index contributed by atoms with van der Waals surface area (Å²) in [6.07, 6.45) is 0. The van der Waals surface area contributed by atoms with Crippen LogP contribution in [-0.2, 0) is 0 Å². The third-order valence-electron chi connectivity index (χ3n) is 2.12. The van der Waals surface area contributed by atoms with Gasteiger partial charge in [-0.1, -0.05) is 6.07 Å². The summed E-state index contributed by atoms with van der Waals surface area (Å²) in [5.74, 6) is 1.61. The van der Waals surface area contributed by atoms with Gasteiger partial charge in [0.15, 0.2) is 11.5 Å². The predicted octanol–water partition coefficient (Wildman–Crippen LogP) is 1.94. The Labute approximate surface area is 91.6 Å². The minimum atomic E-state index is 0.673. The number of rotatable bonds is 5. The third kappa shape index (κ3) is 3.80. The molecular formula is C12H19NO2. The molecule has 0 aliphatic carbocycles. The lowest BCUT2D eigenvalue weighted by molar-refractivity contribution is 0.250. The average molecular weight is 209 g/mol. The van der Waals surface area contributed by atoms with Crippen molar-refractivity contribution in [2.75, 3.05) is 34.4 Å². The maximum atomic E-state index is 5.63. The maximum absolute atomic E-state index is 5.63. The summed E-state index contributed by atoms with van der Waals surface area (Å²) in [4.78, 5) is 2.08. The Bertz CT molecular complexity index is 310. The topological polar surface area (TPSA) is 21.7 Å². The van der Waals surface area contributed by atoms with E-state index in [9.17, 15) is 0 Å². The normalized spacial score (nSPS) is 10.5. The molecule has 1 aromatic carbocycles. The second-order valence-corrected chi connectivity index (χ2v) is 3.81. The number of nitrogens with zero attached hydrogens (tertiary/aromatic N) is 1. The Hall–Kier alpha value is -1.22. The molecule has 84 valence electrons. The first-order chi connectivity index (χ1) is 7.13. The van der Waals surface area contributed by atoms with Gasteiger partial charge >= 0.3 is 0 Å². The van der Waals surface area contributed by atoms with E-state index >= 15 is 0 Å². The van der Waals surface area contributed by atoms with Crippen molar-refractivity contribution in [1.29, 1.82) is 0 Å². The van der Waals surface area contributed by atoms with Crippen molar-refractivity contribution < 1.29 is 9.47 Å². The summed E-state index contributed by atoms with van der Waals surface area (Å²) in [6, 6.07) is 5.95. The second kappa shape index (κ2) is 5.61. The summed E-state index contributed by atoms with van der Waals surface area (Å²) in [5.41, 5.74) is 1.17. The molecule has 15 heavy (non-hydrogen) atoms. The number of aryl methyl sites for hydroxylation is 1. The Morgan fingerprint density at radius 3 is 2.53 bits per heavy atom. The Morgan fingerprint density at radius 1 is 1.20 bits per heavy atom. The van der Waals surface area contributed by atoms with E-state index in [1.165, 1.54) is 5.56 Å². The molecule has 0 aliphatic heterocycles. The van der Waals surface area contributed by atoms with Crippen LogP contribution in [0.3, 0.4) is 0 Å². The van der Waals surface area contributed by atoms with Crippen molar-refractivity contribution in [3.8, 4) is 11.5 Å². The van der Waals surface area contributed by atoms with Crippen LogP contribution < -0.4 is 9.47 Å². The Balaban J connectivity index is 2.60. The molecule has 0 saturated heterocycles. The predicted molar refractivity (Wildman–Crippen MR) is 61.8 cm³/mol. The molecule has 0 fully saturated rings. The first kappa shape index (κ1) is 11.9. The van der Waals surface area contributed by atoms with Crippen LogP contribution in [0.25, 0.3) is 0 Å². The van der Waals surface area contributed by atoms with Crippen LogP contribution in [-0.4, -0.2) is 39.3 Å². The van der Waals surface area contributed by atoms with E-state index in [4.69, 9.17) is 9.47 Å². The molecule has 3 nitrogen and oxygen atoms in total. The lowest BCUT2D eigenvalue weighted by Crippen LogP contribution is -2.19. The van der Waals surface area contributed by atoms with Crippen molar-refractivity contribution in [3.05, 3.63) is 23.8 Å². The molecule has 0 amide bonds. The van der Waals surface area contributed by atoms with Crippen molar-refractivity contribution >= 4 is 0 Å². The van der Waals surface area contributed by atoms with E-state index in [0.717, 1.165) is 18.0 Å². The van der Waals surface area contributed by atoms with Crippen LogP contribution >= 0.6 is 0 Å². The maximum Gasteiger partial charge on any atom is 0.161 e. The zero-order valence-corrected chi connectivity index (χ0v) is 9.91. The minimum Gasteiger partial charge on any atom is -0.493 e. The highest BCUT2D eigenvalue weighted by Crippen LogP contribution is 2.27. The van der Waals surface area contributed by atoms with Gasteiger partial charge in [-0.3, -0.25) is 0 Å². The monoisotopic (exact) mass is 209 g/mol. The van der Waals surface area contributed by atoms with E-state index in [1.807, 2.05) is 39.2 Å². The summed E-state index contributed by atoms with van der Waals surface area (Å²) in [6.45, 7) is 3.61. The summed E-state index contributed by atoms with van der Waals surface area (Å²) in [7, 11) is 5.71. The fourth-order valence-electron chi connectivity index (χ4n) is 1.23. The smallest absolute Gasteiger partial charge is 0.161 e. The largest absolute Gasteiger partial charge is 0.493 e. The van der Waals surface area contributed by atoms with Crippen LogP contribution in [0.5, 0.6) is 11.5 Å². The first-order valence-electron chi connectivity index (χ1n) is 5.05. The van der Waals surface area contributed by atoms with Crippen molar-refractivity contribution in [3.63, 3.8) is 0 Å². The van der Waals surface area contributed by atoms with Gasteiger partial charge in [-0.2, -0.15) is 0 Å². The molecule has 0 atom stereocenters. The molecule has 0 heterocycles. The van der Waals surface area contributed by atoms with Crippen molar-refractivity contribution in [2.24, 2.45) is 0 Å². The van der Waals surface area contributed by atoms with Crippen molar-refractivity contribution in [1.82, 2.24) is 4.90 Å². The molecule has 0 aliphatic rings. The second-order valence-electron chi connectivity index (χ2n) is 3.81. The highest BCUT2D eigenvalue weighted by molar-refractivity contribution is 5.42. The fraction of sp³-hybridized carbons (Fsp3) is 0.500. The number of hydrogen-bond acceptors (Lipinski definition) is 3. The summed E-state index contributed by atoms with van der Waals surface area (Å²) in [5, 5.41) is 0. The van der Waals surface area contributed by atoms with Gasteiger partial charge in [-0.15, -0.1) is 0 Å². The lowest BCUT2D eigenvalue weighted by atomic mass is 10.2. The molecule has 0 bridgehead atoms. The average Bonchev–Trinajstić information content (AvgIpc) is 2.19. The highest BCUT2D eigenvalue weighted by atomic mass is 16.5. The molecule has 0 N–H and O–H groups in total. The van der Waals surface area contributed by atoms with Crippen LogP contribution in [0, 0.1) is 6.92 Å². The Morgan fingerprint density at radius 2 is 1.93 bits per heavy atom. The van der Waals surface area contributed by atoms with E-state index in [0.29, 0.717) is 6.61 Å². The molecule has 0 radical (unpaired) electrons. The number of benzene rings is 1. The van der Waals surface area contributed by atoms with Crippen LogP contribution in [0.4, 0.5) is 0 Å².